The lowest BCUT2D eigenvalue weighted by Gasteiger charge is -2.12. The second kappa shape index (κ2) is 5.94. The van der Waals surface area contributed by atoms with Crippen LogP contribution in [-0.4, -0.2) is 37.7 Å². The number of H-pyrrole nitrogens is 1. The van der Waals surface area contributed by atoms with Crippen molar-refractivity contribution in [3.05, 3.63) is 35.4 Å². The third-order valence-corrected chi connectivity index (χ3v) is 2.56. The first-order valence-corrected chi connectivity index (χ1v) is 5.81. The summed E-state index contributed by atoms with van der Waals surface area (Å²) in [6.45, 7) is 1.62. The zero-order valence-electron chi connectivity index (χ0n) is 10.8. The third-order valence-electron chi connectivity index (χ3n) is 2.56. The van der Waals surface area contributed by atoms with Crippen molar-refractivity contribution in [3.8, 4) is 0 Å². The van der Waals surface area contributed by atoms with Gasteiger partial charge < -0.3 is 15.7 Å². The first-order valence-electron chi connectivity index (χ1n) is 5.81. The summed E-state index contributed by atoms with van der Waals surface area (Å²) in [7, 11) is 0. The Labute approximate surface area is 117 Å². The lowest BCUT2D eigenvalue weighted by atomic mass is 10.1. The topological polar surface area (TPSA) is 133 Å². The highest BCUT2D eigenvalue weighted by molar-refractivity contribution is 6.00. The number of carbonyl (C=O) groups excluding carboxylic acids is 1. The van der Waals surface area contributed by atoms with E-state index in [-0.39, 0.29) is 17.1 Å². The highest BCUT2D eigenvalue weighted by Crippen LogP contribution is 2.17. The van der Waals surface area contributed by atoms with E-state index in [0.717, 1.165) is 18.2 Å². The number of nitrogens with one attached hydrogen (secondary N) is 3. The molecule has 2 aromatic rings. The number of rotatable bonds is 4. The Kier molecular flexibility index (Phi) is 4.07. The number of benzene rings is 1. The largest absolute Gasteiger partial charge is 0.478 e. The number of carboxylic acid groups (broad SMARTS) is 1. The van der Waals surface area contributed by atoms with Gasteiger partial charge in [0, 0.05) is 0 Å². The number of aromatic amines is 1. The van der Waals surface area contributed by atoms with Crippen LogP contribution in [-0.2, 0) is 0 Å². The number of hydrogen-bond donors (Lipinski definition) is 4. The SMILES string of the molecule is CC(NC(=O)Nc1ccc(F)cc1C(=O)O)c1nn[nH]n1. The van der Waals surface area contributed by atoms with E-state index in [2.05, 4.69) is 31.3 Å². The molecule has 0 bridgehead atoms. The van der Waals surface area contributed by atoms with Crippen LogP contribution in [0.4, 0.5) is 14.9 Å². The van der Waals surface area contributed by atoms with Gasteiger partial charge in [0.2, 0.25) is 0 Å². The first kappa shape index (κ1) is 14.4. The number of urea groups is 1. The molecule has 2 rings (SSSR count). The van der Waals surface area contributed by atoms with Gasteiger partial charge in [-0.15, -0.1) is 10.2 Å². The smallest absolute Gasteiger partial charge is 0.337 e. The summed E-state index contributed by atoms with van der Waals surface area (Å²) in [6, 6.07) is 1.81. The molecule has 10 heteroatoms. The van der Waals surface area contributed by atoms with Crippen LogP contribution in [0.15, 0.2) is 18.2 Å². The molecular weight excluding hydrogens is 283 g/mol. The quantitative estimate of drug-likeness (QED) is 0.662. The number of tetrazole rings is 1. The van der Waals surface area contributed by atoms with Crippen molar-refractivity contribution in [3.63, 3.8) is 0 Å². The molecule has 0 saturated heterocycles. The van der Waals surface area contributed by atoms with Crippen LogP contribution in [0.3, 0.4) is 0 Å². The number of aromatic nitrogens is 4. The van der Waals surface area contributed by atoms with Gasteiger partial charge in [0.25, 0.3) is 0 Å². The van der Waals surface area contributed by atoms with E-state index in [1.807, 2.05) is 0 Å². The summed E-state index contributed by atoms with van der Waals surface area (Å²) >= 11 is 0. The van der Waals surface area contributed by atoms with Gasteiger partial charge in [-0.05, 0) is 25.1 Å². The van der Waals surface area contributed by atoms with Gasteiger partial charge in [-0.25, -0.2) is 14.0 Å². The van der Waals surface area contributed by atoms with Crippen LogP contribution < -0.4 is 10.6 Å². The van der Waals surface area contributed by atoms with E-state index in [0.29, 0.717) is 0 Å². The molecule has 0 saturated carbocycles. The average Bonchev–Trinajstić information content (AvgIpc) is 2.94. The Morgan fingerprint density at radius 2 is 2.19 bits per heavy atom. The summed E-state index contributed by atoms with van der Waals surface area (Å²) < 4.78 is 13.0. The number of hydrogen-bond acceptors (Lipinski definition) is 5. The molecule has 1 aromatic heterocycles. The fourth-order valence-electron chi connectivity index (χ4n) is 1.57. The number of aromatic carboxylic acids is 1. The van der Waals surface area contributed by atoms with Gasteiger partial charge in [-0.2, -0.15) is 5.21 Å². The Morgan fingerprint density at radius 3 is 2.81 bits per heavy atom. The molecule has 1 aromatic carbocycles. The number of amides is 2. The Hall–Kier alpha value is -3.04. The van der Waals surface area contributed by atoms with E-state index in [1.54, 1.807) is 6.92 Å². The van der Waals surface area contributed by atoms with Gasteiger partial charge in [-0.1, -0.05) is 5.21 Å². The molecular formula is C11H11FN6O3. The van der Waals surface area contributed by atoms with E-state index in [4.69, 9.17) is 5.11 Å². The predicted octanol–water partition coefficient (Wildman–Crippen LogP) is 0.920. The number of carbonyl (C=O) groups is 2. The summed E-state index contributed by atoms with van der Waals surface area (Å²) in [5, 5.41) is 26.8. The molecule has 0 fully saturated rings. The molecule has 4 N–H and O–H groups in total. The van der Waals surface area contributed by atoms with E-state index >= 15 is 0 Å². The van der Waals surface area contributed by atoms with Crippen LogP contribution in [0.1, 0.15) is 29.1 Å². The van der Waals surface area contributed by atoms with Gasteiger partial charge in [0.05, 0.1) is 17.3 Å². The standard InChI is InChI=1S/C11H11FN6O3/c1-5(9-15-17-18-16-9)13-11(21)14-8-3-2-6(12)4-7(8)10(19)20/h2-5H,1H3,(H,19,20)(H2,13,14,21)(H,15,16,17,18). The lowest BCUT2D eigenvalue weighted by Crippen LogP contribution is -2.32. The van der Waals surface area contributed by atoms with E-state index in [9.17, 15) is 14.0 Å². The van der Waals surface area contributed by atoms with Gasteiger partial charge in [0.15, 0.2) is 5.82 Å². The van der Waals surface area contributed by atoms with Gasteiger partial charge in [-0.3, -0.25) is 0 Å². The number of anilines is 1. The maximum Gasteiger partial charge on any atom is 0.337 e. The summed E-state index contributed by atoms with van der Waals surface area (Å²) in [5.74, 6) is -1.79. The van der Waals surface area contributed by atoms with Crippen LogP contribution in [0.25, 0.3) is 0 Å². The fraction of sp³-hybridized carbons (Fsp3) is 0.182. The van der Waals surface area contributed by atoms with Crippen LogP contribution >= 0.6 is 0 Å². The lowest BCUT2D eigenvalue weighted by molar-refractivity contribution is 0.0697. The van der Waals surface area contributed by atoms with Crippen molar-refractivity contribution < 1.29 is 19.1 Å². The number of halogens is 1. The van der Waals surface area contributed by atoms with Crippen LogP contribution in [0, 0.1) is 5.82 Å². The van der Waals surface area contributed by atoms with Crippen molar-refractivity contribution in [2.24, 2.45) is 0 Å². The van der Waals surface area contributed by atoms with Crippen molar-refractivity contribution in [2.75, 3.05) is 5.32 Å². The fourth-order valence-corrected chi connectivity index (χ4v) is 1.57. The summed E-state index contributed by atoms with van der Waals surface area (Å²) in [4.78, 5) is 22.8. The Bertz CT molecular complexity index is 660. The second-order valence-electron chi connectivity index (χ2n) is 4.09. The van der Waals surface area contributed by atoms with Crippen molar-refractivity contribution >= 4 is 17.7 Å². The molecule has 9 nitrogen and oxygen atoms in total. The average molecular weight is 294 g/mol. The van der Waals surface area contributed by atoms with Gasteiger partial charge in [0.1, 0.15) is 5.82 Å². The van der Waals surface area contributed by atoms with E-state index in [1.165, 1.54) is 0 Å². The van der Waals surface area contributed by atoms with E-state index < -0.39 is 23.9 Å². The Balaban J connectivity index is 2.08. The Morgan fingerprint density at radius 1 is 1.43 bits per heavy atom. The maximum atomic E-state index is 13.0. The van der Waals surface area contributed by atoms with Crippen LogP contribution in [0.2, 0.25) is 0 Å². The predicted molar refractivity (Wildman–Crippen MR) is 68.1 cm³/mol. The zero-order valence-corrected chi connectivity index (χ0v) is 10.8. The molecule has 1 unspecified atom stereocenters. The molecule has 0 spiro atoms. The molecule has 2 amide bonds. The third kappa shape index (κ3) is 3.49. The summed E-state index contributed by atoms with van der Waals surface area (Å²) in [6.07, 6.45) is 0. The summed E-state index contributed by atoms with van der Waals surface area (Å²) in [5.41, 5.74) is -0.376. The van der Waals surface area contributed by atoms with Crippen molar-refractivity contribution in [1.29, 1.82) is 0 Å². The minimum atomic E-state index is -1.35. The van der Waals surface area contributed by atoms with Crippen molar-refractivity contribution in [1.82, 2.24) is 25.9 Å². The molecule has 0 aliphatic carbocycles. The molecule has 0 radical (unpaired) electrons. The van der Waals surface area contributed by atoms with Crippen molar-refractivity contribution in [2.45, 2.75) is 13.0 Å². The maximum absolute atomic E-state index is 13.0. The minimum absolute atomic E-state index is 0.0262. The molecule has 1 heterocycles. The van der Waals surface area contributed by atoms with Crippen LogP contribution in [0.5, 0.6) is 0 Å². The first-order chi connectivity index (χ1) is 9.97. The zero-order chi connectivity index (χ0) is 15.4. The van der Waals surface area contributed by atoms with Gasteiger partial charge >= 0.3 is 12.0 Å². The molecule has 110 valence electrons. The second-order valence-corrected chi connectivity index (χ2v) is 4.09. The highest BCUT2D eigenvalue weighted by atomic mass is 19.1. The number of carboxylic acids is 1. The minimum Gasteiger partial charge on any atom is -0.478 e. The molecule has 0 aliphatic rings. The number of nitrogens with zero attached hydrogens (tertiary/aromatic N) is 3. The monoisotopic (exact) mass is 294 g/mol. The molecule has 21 heavy (non-hydrogen) atoms. The molecule has 0 aliphatic heterocycles. The normalized spacial score (nSPS) is 11.7. The highest BCUT2D eigenvalue weighted by Gasteiger charge is 2.16. The molecule has 1 atom stereocenters.